The van der Waals surface area contributed by atoms with Gasteiger partial charge in [0.15, 0.2) is 0 Å². The van der Waals surface area contributed by atoms with E-state index in [1.165, 1.54) is 0 Å². The van der Waals surface area contributed by atoms with Gasteiger partial charge in [-0.3, -0.25) is 0 Å². The standard InChI is InChI=1S/C6H8N2/c1-5-6(7)3-2-4-8-5/h2-4,8H,1,7H2. The molecule has 0 bridgehead atoms. The first kappa shape index (κ1) is 4.97. The summed E-state index contributed by atoms with van der Waals surface area (Å²) >= 11 is 0. The molecule has 0 fully saturated rings. The third-order valence-electron chi connectivity index (χ3n) is 0.978. The van der Waals surface area contributed by atoms with Crippen LogP contribution in [-0.2, 0) is 0 Å². The van der Waals surface area contributed by atoms with Crippen molar-refractivity contribution in [2.45, 2.75) is 0 Å². The lowest BCUT2D eigenvalue weighted by Gasteiger charge is -2.07. The van der Waals surface area contributed by atoms with E-state index in [0.29, 0.717) is 5.70 Å². The summed E-state index contributed by atoms with van der Waals surface area (Å²) in [5.41, 5.74) is 6.90. The van der Waals surface area contributed by atoms with Crippen LogP contribution in [0.15, 0.2) is 36.3 Å². The number of nitrogens with one attached hydrogen (secondary N) is 1. The van der Waals surface area contributed by atoms with E-state index in [1.54, 1.807) is 12.3 Å². The summed E-state index contributed by atoms with van der Waals surface area (Å²) in [5.74, 6) is 0. The Labute approximate surface area is 48.4 Å². The van der Waals surface area contributed by atoms with Crippen molar-refractivity contribution >= 4 is 0 Å². The van der Waals surface area contributed by atoms with Crippen LogP contribution >= 0.6 is 0 Å². The van der Waals surface area contributed by atoms with Gasteiger partial charge in [-0.05, 0) is 12.2 Å². The molecule has 0 aliphatic carbocycles. The van der Waals surface area contributed by atoms with E-state index in [4.69, 9.17) is 5.73 Å². The maximum Gasteiger partial charge on any atom is 0.0547 e. The number of hydrogen-bond acceptors (Lipinski definition) is 2. The summed E-state index contributed by atoms with van der Waals surface area (Å²) in [5, 5.41) is 2.86. The third-order valence-corrected chi connectivity index (χ3v) is 0.978. The molecule has 0 unspecified atom stereocenters. The molecule has 1 rings (SSSR count). The van der Waals surface area contributed by atoms with Gasteiger partial charge in [0.2, 0.25) is 0 Å². The van der Waals surface area contributed by atoms with Gasteiger partial charge in [-0.15, -0.1) is 0 Å². The van der Waals surface area contributed by atoms with Crippen molar-refractivity contribution in [3.8, 4) is 0 Å². The Morgan fingerprint density at radius 1 is 1.62 bits per heavy atom. The SMILES string of the molecule is C=C1NC=CC=C1N. The number of hydrogen-bond donors (Lipinski definition) is 2. The van der Waals surface area contributed by atoms with Crippen LogP contribution in [0.3, 0.4) is 0 Å². The molecule has 3 N–H and O–H groups in total. The fourth-order valence-electron chi connectivity index (χ4n) is 0.484. The van der Waals surface area contributed by atoms with E-state index in [1.807, 2.05) is 6.08 Å². The van der Waals surface area contributed by atoms with Crippen molar-refractivity contribution in [2.75, 3.05) is 0 Å². The summed E-state index contributed by atoms with van der Waals surface area (Å²) in [6.07, 6.45) is 5.43. The molecule has 0 aromatic rings. The first-order valence-electron chi connectivity index (χ1n) is 2.39. The molecule has 1 heterocycles. The van der Waals surface area contributed by atoms with E-state index in [0.717, 1.165) is 5.70 Å². The Morgan fingerprint density at radius 3 is 2.75 bits per heavy atom. The molecule has 0 aromatic heterocycles. The average molecular weight is 108 g/mol. The lowest BCUT2D eigenvalue weighted by molar-refractivity contribution is 1.04. The van der Waals surface area contributed by atoms with Gasteiger partial charge in [-0.2, -0.15) is 0 Å². The Balaban J connectivity index is 2.80. The normalized spacial score (nSPS) is 17.5. The maximum atomic E-state index is 5.43. The molecule has 0 atom stereocenters. The van der Waals surface area contributed by atoms with Crippen LogP contribution in [0.5, 0.6) is 0 Å². The quantitative estimate of drug-likeness (QED) is 0.473. The summed E-state index contributed by atoms with van der Waals surface area (Å²) in [6.45, 7) is 3.64. The minimum Gasteiger partial charge on any atom is -0.397 e. The summed E-state index contributed by atoms with van der Waals surface area (Å²) in [6, 6.07) is 0. The number of nitrogens with two attached hydrogens (primary N) is 1. The predicted molar refractivity (Wildman–Crippen MR) is 33.7 cm³/mol. The molecule has 1 aliphatic heterocycles. The topological polar surface area (TPSA) is 38.0 Å². The molecular formula is C6H8N2. The second-order valence-corrected chi connectivity index (χ2v) is 1.60. The van der Waals surface area contributed by atoms with Gasteiger partial charge < -0.3 is 11.1 Å². The van der Waals surface area contributed by atoms with Crippen LogP contribution in [-0.4, -0.2) is 0 Å². The smallest absolute Gasteiger partial charge is 0.0547 e. The van der Waals surface area contributed by atoms with Crippen molar-refractivity contribution in [1.29, 1.82) is 0 Å². The molecule has 8 heavy (non-hydrogen) atoms. The van der Waals surface area contributed by atoms with Crippen LogP contribution < -0.4 is 11.1 Å². The number of allylic oxidation sites excluding steroid dienone is 2. The van der Waals surface area contributed by atoms with Crippen molar-refractivity contribution in [2.24, 2.45) is 5.73 Å². The first-order valence-corrected chi connectivity index (χ1v) is 2.39. The highest BCUT2D eigenvalue weighted by Crippen LogP contribution is 2.00. The van der Waals surface area contributed by atoms with E-state index >= 15 is 0 Å². The second-order valence-electron chi connectivity index (χ2n) is 1.60. The van der Waals surface area contributed by atoms with Crippen molar-refractivity contribution < 1.29 is 0 Å². The van der Waals surface area contributed by atoms with Crippen LogP contribution in [0.4, 0.5) is 0 Å². The van der Waals surface area contributed by atoms with Crippen LogP contribution in [0.2, 0.25) is 0 Å². The molecule has 0 saturated carbocycles. The second kappa shape index (κ2) is 1.74. The van der Waals surface area contributed by atoms with Gasteiger partial charge in [0.05, 0.1) is 11.4 Å². The first-order chi connectivity index (χ1) is 3.80. The molecule has 0 saturated heterocycles. The average Bonchev–Trinajstić information content (AvgIpc) is 1.77. The summed E-state index contributed by atoms with van der Waals surface area (Å²) < 4.78 is 0. The van der Waals surface area contributed by atoms with E-state index < -0.39 is 0 Å². The minimum atomic E-state index is 0.701. The fourth-order valence-corrected chi connectivity index (χ4v) is 0.484. The van der Waals surface area contributed by atoms with Gasteiger partial charge in [-0.1, -0.05) is 6.58 Å². The molecule has 0 spiro atoms. The molecule has 0 aromatic carbocycles. The van der Waals surface area contributed by atoms with Gasteiger partial charge in [0.1, 0.15) is 0 Å². The maximum absolute atomic E-state index is 5.43. The Bertz CT molecular complexity index is 165. The van der Waals surface area contributed by atoms with Crippen molar-refractivity contribution in [3.05, 3.63) is 36.3 Å². The van der Waals surface area contributed by atoms with Crippen LogP contribution in [0.25, 0.3) is 0 Å². The fraction of sp³-hybridized carbons (Fsp3) is 0. The lowest BCUT2D eigenvalue weighted by Crippen LogP contribution is -2.14. The largest absolute Gasteiger partial charge is 0.397 e. The molecule has 2 nitrogen and oxygen atoms in total. The van der Waals surface area contributed by atoms with Crippen molar-refractivity contribution in [1.82, 2.24) is 5.32 Å². The number of dihydropyridines is 1. The van der Waals surface area contributed by atoms with Gasteiger partial charge in [0, 0.05) is 6.20 Å². The molecule has 1 aliphatic rings. The van der Waals surface area contributed by atoms with Crippen LogP contribution in [0.1, 0.15) is 0 Å². The highest BCUT2D eigenvalue weighted by molar-refractivity contribution is 5.32. The molecule has 2 heteroatoms. The molecule has 42 valence electrons. The van der Waals surface area contributed by atoms with Crippen molar-refractivity contribution in [3.63, 3.8) is 0 Å². The van der Waals surface area contributed by atoms with Gasteiger partial charge in [-0.25, -0.2) is 0 Å². The van der Waals surface area contributed by atoms with Crippen LogP contribution in [0, 0.1) is 0 Å². The molecule has 0 amide bonds. The zero-order valence-electron chi connectivity index (χ0n) is 4.52. The Hall–Kier alpha value is -1.18. The van der Waals surface area contributed by atoms with E-state index in [2.05, 4.69) is 11.9 Å². The highest BCUT2D eigenvalue weighted by Gasteiger charge is 1.94. The zero-order chi connectivity index (χ0) is 5.98. The Morgan fingerprint density at radius 2 is 2.38 bits per heavy atom. The van der Waals surface area contributed by atoms with Gasteiger partial charge >= 0.3 is 0 Å². The zero-order valence-corrected chi connectivity index (χ0v) is 4.52. The molecular weight excluding hydrogens is 100 g/mol. The lowest BCUT2D eigenvalue weighted by atomic mass is 10.3. The summed E-state index contributed by atoms with van der Waals surface area (Å²) in [7, 11) is 0. The minimum absolute atomic E-state index is 0.701. The highest BCUT2D eigenvalue weighted by atomic mass is 14.9. The predicted octanol–water partition coefficient (Wildman–Crippen LogP) is 0.460. The molecule has 0 radical (unpaired) electrons. The van der Waals surface area contributed by atoms with Gasteiger partial charge in [0.25, 0.3) is 0 Å². The van der Waals surface area contributed by atoms with E-state index in [9.17, 15) is 0 Å². The Kier molecular flexibility index (Phi) is 1.08. The van der Waals surface area contributed by atoms with E-state index in [-0.39, 0.29) is 0 Å². The number of rotatable bonds is 0. The summed E-state index contributed by atoms with van der Waals surface area (Å²) in [4.78, 5) is 0. The third kappa shape index (κ3) is 0.729. The monoisotopic (exact) mass is 108 g/mol.